The number of Topliss-reactive ketones (excluding diaryl/α,β-unsaturated/α-hetero) is 2. The molecule has 7 nitrogen and oxygen atoms in total. The van der Waals surface area contributed by atoms with Crippen LogP contribution in [-0.4, -0.2) is 38.8 Å². The number of ketones is 2. The molecule has 1 atom stereocenters. The van der Waals surface area contributed by atoms with Crippen LogP contribution in [0, 0.1) is 5.41 Å². The summed E-state index contributed by atoms with van der Waals surface area (Å²) in [5.74, 6) is -2.26. The Morgan fingerprint density at radius 2 is 1.91 bits per heavy atom. The van der Waals surface area contributed by atoms with E-state index in [0.29, 0.717) is 0 Å². The molecule has 1 unspecified atom stereocenters. The van der Waals surface area contributed by atoms with Gasteiger partial charge in [0, 0.05) is 12.0 Å². The topological polar surface area (TPSA) is 107 Å². The summed E-state index contributed by atoms with van der Waals surface area (Å²) in [4.78, 5) is 36.6. The van der Waals surface area contributed by atoms with Crippen LogP contribution in [-0.2, 0) is 24.3 Å². The number of esters is 1. The number of rotatable bonds is 5. The van der Waals surface area contributed by atoms with Gasteiger partial charge in [0.05, 0.1) is 18.6 Å². The van der Waals surface area contributed by atoms with E-state index in [2.05, 4.69) is 4.72 Å². The van der Waals surface area contributed by atoms with Crippen LogP contribution in [0.25, 0.3) is 0 Å². The lowest BCUT2D eigenvalue weighted by molar-refractivity contribution is -0.147. The number of carbonyl (C=O) groups is 3. The molecule has 1 heterocycles. The zero-order valence-electron chi connectivity index (χ0n) is 12.1. The first-order valence-electron chi connectivity index (χ1n) is 6.48. The molecule has 0 aromatic heterocycles. The molecule has 0 bridgehead atoms. The molecule has 0 spiro atoms. The van der Waals surface area contributed by atoms with Gasteiger partial charge in [0.2, 0.25) is 10.0 Å². The molecule has 1 saturated heterocycles. The van der Waals surface area contributed by atoms with Crippen LogP contribution in [0.5, 0.6) is 0 Å². The normalized spacial score (nSPS) is 21.3. The fourth-order valence-electron chi connectivity index (χ4n) is 2.41. The Bertz CT molecular complexity index is 754. The first kappa shape index (κ1) is 16.2. The Balaban J connectivity index is 2.54. The van der Waals surface area contributed by atoms with E-state index in [1.54, 1.807) is 0 Å². The first-order chi connectivity index (χ1) is 10.2. The molecule has 118 valence electrons. The monoisotopic (exact) mass is 325 g/mol. The summed E-state index contributed by atoms with van der Waals surface area (Å²) >= 11 is 0. The molecule has 8 heteroatoms. The summed E-state index contributed by atoms with van der Waals surface area (Å²) in [5.41, 5.74) is -1.91. The molecule has 1 aliphatic heterocycles. The van der Waals surface area contributed by atoms with E-state index < -0.39 is 33.0 Å². The summed E-state index contributed by atoms with van der Waals surface area (Å²) in [6.07, 6.45) is 0.895. The number of benzene rings is 1. The second kappa shape index (κ2) is 5.53. The minimum absolute atomic E-state index is 0.0220. The van der Waals surface area contributed by atoms with Crippen molar-refractivity contribution in [2.24, 2.45) is 5.41 Å². The number of sulfonamides is 1. The molecule has 22 heavy (non-hydrogen) atoms. The predicted molar refractivity (Wildman–Crippen MR) is 77.9 cm³/mol. The number of nitrogens with one attached hydrogen (secondary N) is 1. The standard InChI is InChI=1S/C14H15NO6S/c1-9(16)14(7-8-21-13(14)18)12(17)10-5-3-4-6-11(10)15-22(2,19)20/h3-6,15H,7-8H2,1-2H3. The Labute approximate surface area is 127 Å². The summed E-state index contributed by atoms with van der Waals surface area (Å²) < 4.78 is 29.8. The van der Waals surface area contributed by atoms with Crippen LogP contribution in [0.3, 0.4) is 0 Å². The minimum Gasteiger partial charge on any atom is -0.465 e. The smallest absolute Gasteiger partial charge is 0.327 e. The van der Waals surface area contributed by atoms with E-state index >= 15 is 0 Å². The maximum atomic E-state index is 12.8. The molecular weight excluding hydrogens is 310 g/mol. The highest BCUT2D eigenvalue weighted by Gasteiger charge is 2.55. The average Bonchev–Trinajstić information content (AvgIpc) is 2.79. The lowest BCUT2D eigenvalue weighted by Gasteiger charge is -2.21. The van der Waals surface area contributed by atoms with Crippen molar-refractivity contribution in [2.45, 2.75) is 13.3 Å². The van der Waals surface area contributed by atoms with Gasteiger partial charge in [-0.3, -0.25) is 19.1 Å². The third kappa shape index (κ3) is 2.74. The first-order valence-corrected chi connectivity index (χ1v) is 8.37. The van der Waals surface area contributed by atoms with Gasteiger partial charge < -0.3 is 4.74 Å². The largest absolute Gasteiger partial charge is 0.465 e. The second-order valence-electron chi connectivity index (χ2n) is 5.10. The van der Waals surface area contributed by atoms with Gasteiger partial charge in [-0.25, -0.2) is 8.42 Å². The van der Waals surface area contributed by atoms with Gasteiger partial charge in [-0.1, -0.05) is 12.1 Å². The van der Waals surface area contributed by atoms with Crippen molar-refractivity contribution in [1.29, 1.82) is 0 Å². The highest BCUT2D eigenvalue weighted by molar-refractivity contribution is 7.92. The highest BCUT2D eigenvalue weighted by atomic mass is 32.2. The molecule has 1 N–H and O–H groups in total. The van der Waals surface area contributed by atoms with E-state index in [1.807, 2.05) is 0 Å². The number of hydrogen-bond donors (Lipinski definition) is 1. The van der Waals surface area contributed by atoms with Crippen molar-refractivity contribution in [1.82, 2.24) is 0 Å². The van der Waals surface area contributed by atoms with Gasteiger partial charge in [-0.15, -0.1) is 0 Å². The molecule has 1 aromatic carbocycles. The van der Waals surface area contributed by atoms with Crippen molar-refractivity contribution in [3.8, 4) is 0 Å². The Hall–Kier alpha value is -2.22. The summed E-state index contributed by atoms with van der Waals surface area (Å²) in [6, 6.07) is 5.82. The van der Waals surface area contributed by atoms with Crippen molar-refractivity contribution >= 4 is 33.2 Å². The van der Waals surface area contributed by atoms with Crippen LogP contribution in [0.2, 0.25) is 0 Å². The molecule has 0 amide bonds. The van der Waals surface area contributed by atoms with E-state index in [9.17, 15) is 22.8 Å². The van der Waals surface area contributed by atoms with Gasteiger partial charge in [0.1, 0.15) is 0 Å². The number of anilines is 1. The summed E-state index contributed by atoms with van der Waals surface area (Å²) in [5, 5.41) is 0. The van der Waals surface area contributed by atoms with Gasteiger partial charge >= 0.3 is 5.97 Å². The van der Waals surface area contributed by atoms with Crippen LogP contribution < -0.4 is 4.72 Å². The maximum absolute atomic E-state index is 12.8. The molecule has 0 aliphatic carbocycles. The highest BCUT2D eigenvalue weighted by Crippen LogP contribution is 2.36. The fraction of sp³-hybridized carbons (Fsp3) is 0.357. The molecule has 0 radical (unpaired) electrons. The molecule has 2 rings (SSSR count). The van der Waals surface area contributed by atoms with Crippen molar-refractivity contribution in [3.05, 3.63) is 29.8 Å². The molecule has 1 aliphatic rings. The lowest BCUT2D eigenvalue weighted by Crippen LogP contribution is -2.42. The Morgan fingerprint density at radius 3 is 2.41 bits per heavy atom. The SMILES string of the molecule is CC(=O)C1(C(=O)c2ccccc2NS(C)(=O)=O)CCOC1=O. The summed E-state index contributed by atoms with van der Waals surface area (Å²) in [7, 11) is -3.61. The Morgan fingerprint density at radius 1 is 1.27 bits per heavy atom. The van der Waals surface area contributed by atoms with Gasteiger partial charge in [0.15, 0.2) is 17.0 Å². The molecule has 1 fully saturated rings. The molecule has 1 aromatic rings. The number of carbonyl (C=O) groups excluding carboxylic acids is 3. The number of para-hydroxylation sites is 1. The van der Waals surface area contributed by atoms with Crippen molar-refractivity contribution in [2.75, 3.05) is 17.6 Å². The van der Waals surface area contributed by atoms with Crippen molar-refractivity contribution in [3.63, 3.8) is 0 Å². The van der Waals surface area contributed by atoms with Crippen LogP contribution in [0.1, 0.15) is 23.7 Å². The number of hydrogen-bond acceptors (Lipinski definition) is 6. The fourth-order valence-corrected chi connectivity index (χ4v) is 2.99. The maximum Gasteiger partial charge on any atom is 0.327 e. The van der Waals surface area contributed by atoms with E-state index in [0.717, 1.165) is 13.2 Å². The molecule has 0 saturated carbocycles. The third-order valence-electron chi connectivity index (χ3n) is 3.51. The minimum atomic E-state index is -3.61. The zero-order chi connectivity index (χ0) is 16.5. The van der Waals surface area contributed by atoms with Crippen LogP contribution >= 0.6 is 0 Å². The molecular formula is C14H15NO6S. The zero-order valence-corrected chi connectivity index (χ0v) is 12.9. The number of ether oxygens (including phenoxy) is 1. The van der Waals surface area contributed by atoms with Gasteiger partial charge in [-0.05, 0) is 19.1 Å². The van der Waals surface area contributed by atoms with Crippen molar-refractivity contribution < 1.29 is 27.5 Å². The van der Waals surface area contributed by atoms with Crippen LogP contribution in [0.15, 0.2) is 24.3 Å². The van der Waals surface area contributed by atoms with E-state index in [4.69, 9.17) is 4.74 Å². The third-order valence-corrected chi connectivity index (χ3v) is 4.11. The van der Waals surface area contributed by atoms with E-state index in [-0.39, 0.29) is 24.3 Å². The van der Waals surface area contributed by atoms with E-state index in [1.165, 1.54) is 24.3 Å². The van der Waals surface area contributed by atoms with Gasteiger partial charge in [0.25, 0.3) is 0 Å². The lowest BCUT2D eigenvalue weighted by atomic mass is 9.75. The second-order valence-corrected chi connectivity index (χ2v) is 6.84. The Kier molecular flexibility index (Phi) is 4.06. The quantitative estimate of drug-likeness (QED) is 0.487. The van der Waals surface area contributed by atoms with Crippen LogP contribution in [0.4, 0.5) is 5.69 Å². The summed E-state index contributed by atoms with van der Waals surface area (Å²) in [6.45, 7) is 1.13. The predicted octanol–water partition coefficient (Wildman–Crippen LogP) is 0.763. The average molecular weight is 325 g/mol. The number of cyclic esters (lactones) is 1. The van der Waals surface area contributed by atoms with Gasteiger partial charge in [-0.2, -0.15) is 0 Å².